The molecular formula is C23H29N3O7. The third-order valence-corrected chi connectivity index (χ3v) is 5.77. The van der Waals surface area contributed by atoms with Crippen molar-refractivity contribution in [3.63, 3.8) is 0 Å². The summed E-state index contributed by atoms with van der Waals surface area (Å²) in [6.07, 6.45) is -1.41. The molecule has 3 heterocycles. The summed E-state index contributed by atoms with van der Waals surface area (Å²) in [6, 6.07) is 9.27. The highest BCUT2D eigenvalue weighted by atomic mass is 16.8. The van der Waals surface area contributed by atoms with Crippen molar-refractivity contribution in [1.82, 2.24) is 0 Å². The Balaban J connectivity index is 1.68. The molecule has 1 aromatic heterocycles. The average Bonchev–Trinajstić information content (AvgIpc) is 3.43. The van der Waals surface area contributed by atoms with Crippen LogP contribution in [-0.2, 0) is 23.7 Å². The van der Waals surface area contributed by atoms with E-state index in [1.165, 1.54) is 18.3 Å². The number of ether oxygens (including phenoxy) is 4. The van der Waals surface area contributed by atoms with E-state index >= 15 is 0 Å². The zero-order chi connectivity index (χ0) is 23.8. The Kier molecular flexibility index (Phi) is 6.44. The summed E-state index contributed by atoms with van der Waals surface area (Å²) < 4.78 is 29.2. The van der Waals surface area contributed by atoms with E-state index in [1.54, 1.807) is 32.0 Å². The Hall–Kier alpha value is -2.92. The van der Waals surface area contributed by atoms with Crippen LogP contribution in [0.1, 0.15) is 25.8 Å². The Bertz CT molecular complexity index is 994. The SMILES string of the molecule is CO[C@@H]1[C@H]2OC(C)(C)O[C@H]2O[C@@H]1[C@H](CC(N)=O)N(C(=O)Nc1ccccc1C)c1ccco1. The average molecular weight is 459 g/mol. The van der Waals surface area contributed by atoms with Gasteiger partial charge in [0, 0.05) is 18.9 Å². The maximum Gasteiger partial charge on any atom is 0.329 e. The van der Waals surface area contributed by atoms with Crippen molar-refractivity contribution >= 4 is 23.5 Å². The van der Waals surface area contributed by atoms with Crippen LogP contribution in [0.4, 0.5) is 16.4 Å². The third kappa shape index (κ3) is 4.74. The van der Waals surface area contributed by atoms with Gasteiger partial charge in [0.2, 0.25) is 11.8 Å². The van der Waals surface area contributed by atoms with E-state index in [-0.39, 0.29) is 12.3 Å². The standard InChI is InChI=1S/C23H29N3O7/c1-13-8-5-6-9-14(13)25-22(28)26(17-10-7-11-30-17)15(12-16(24)27)18-19(29-4)20-21(31-18)33-23(2,3)32-20/h5-11,15,18-21H,12H2,1-4H3,(H2,24,27)(H,25,28)/t15-,18+,19-,20+,21+/m0/s1. The Morgan fingerprint density at radius 3 is 2.61 bits per heavy atom. The molecule has 10 nitrogen and oxygen atoms in total. The lowest BCUT2D eigenvalue weighted by Gasteiger charge is -2.36. The first kappa shape index (κ1) is 23.2. The number of hydrogen-bond acceptors (Lipinski definition) is 7. The monoisotopic (exact) mass is 459 g/mol. The molecule has 0 bridgehead atoms. The first-order chi connectivity index (χ1) is 15.7. The lowest BCUT2D eigenvalue weighted by molar-refractivity contribution is -0.218. The number of nitrogens with one attached hydrogen (secondary N) is 1. The van der Waals surface area contributed by atoms with Gasteiger partial charge in [-0.1, -0.05) is 18.2 Å². The van der Waals surface area contributed by atoms with E-state index in [0.29, 0.717) is 5.69 Å². The molecule has 2 fully saturated rings. The number of methoxy groups -OCH3 is 1. The van der Waals surface area contributed by atoms with Crippen molar-refractivity contribution in [3.8, 4) is 0 Å². The van der Waals surface area contributed by atoms with Gasteiger partial charge in [-0.15, -0.1) is 0 Å². The van der Waals surface area contributed by atoms with Crippen molar-refractivity contribution in [2.45, 2.75) is 63.6 Å². The maximum absolute atomic E-state index is 13.5. The topological polar surface area (TPSA) is 125 Å². The lowest BCUT2D eigenvalue weighted by Crippen LogP contribution is -2.55. The predicted molar refractivity (Wildman–Crippen MR) is 118 cm³/mol. The van der Waals surface area contributed by atoms with Crippen LogP contribution < -0.4 is 16.0 Å². The van der Waals surface area contributed by atoms with Gasteiger partial charge in [-0.25, -0.2) is 4.79 Å². The van der Waals surface area contributed by atoms with Gasteiger partial charge in [0.1, 0.15) is 18.3 Å². The summed E-state index contributed by atoms with van der Waals surface area (Å²) in [7, 11) is 1.52. The highest BCUT2D eigenvalue weighted by Crippen LogP contribution is 2.41. The van der Waals surface area contributed by atoms with Gasteiger partial charge >= 0.3 is 6.03 Å². The second-order valence-corrected chi connectivity index (χ2v) is 8.57. The second-order valence-electron chi connectivity index (χ2n) is 8.57. The summed E-state index contributed by atoms with van der Waals surface area (Å²) in [5, 5.41) is 2.89. The molecule has 33 heavy (non-hydrogen) atoms. The van der Waals surface area contributed by atoms with E-state index in [0.717, 1.165) is 5.56 Å². The number of nitrogens with two attached hydrogens (primary N) is 1. The quantitative estimate of drug-likeness (QED) is 0.652. The minimum atomic E-state index is -0.858. The number of fused-ring (bicyclic) bond motifs is 1. The molecule has 2 saturated heterocycles. The summed E-state index contributed by atoms with van der Waals surface area (Å²) in [5.41, 5.74) is 7.09. The second kappa shape index (κ2) is 9.14. The van der Waals surface area contributed by atoms with Gasteiger partial charge in [-0.2, -0.15) is 0 Å². The Morgan fingerprint density at radius 2 is 1.97 bits per heavy atom. The maximum atomic E-state index is 13.5. The van der Waals surface area contributed by atoms with E-state index in [1.807, 2.05) is 25.1 Å². The molecule has 10 heteroatoms. The number of para-hydroxylation sites is 1. The number of carbonyl (C=O) groups excluding carboxylic acids is 2. The number of nitrogens with zero attached hydrogens (tertiary/aromatic N) is 1. The van der Waals surface area contributed by atoms with Crippen molar-refractivity contribution in [3.05, 3.63) is 48.2 Å². The fourth-order valence-corrected chi connectivity index (χ4v) is 4.35. The number of benzene rings is 1. The molecule has 0 saturated carbocycles. The first-order valence-electron chi connectivity index (χ1n) is 10.7. The summed E-state index contributed by atoms with van der Waals surface area (Å²) in [4.78, 5) is 27.0. The molecular weight excluding hydrogens is 430 g/mol. The van der Waals surface area contributed by atoms with Crippen LogP contribution in [0.5, 0.6) is 0 Å². The fourth-order valence-electron chi connectivity index (χ4n) is 4.35. The minimum absolute atomic E-state index is 0.199. The summed E-state index contributed by atoms with van der Waals surface area (Å²) in [6.45, 7) is 5.44. The highest BCUT2D eigenvalue weighted by molar-refractivity contribution is 6.02. The summed E-state index contributed by atoms with van der Waals surface area (Å²) in [5.74, 6) is -1.23. The molecule has 178 valence electrons. The molecule has 4 rings (SSSR count). The molecule has 0 spiro atoms. The first-order valence-corrected chi connectivity index (χ1v) is 10.7. The minimum Gasteiger partial charge on any atom is -0.448 e. The molecule has 0 unspecified atom stereocenters. The van der Waals surface area contributed by atoms with Crippen LogP contribution >= 0.6 is 0 Å². The molecule has 3 N–H and O–H groups in total. The number of anilines is 2. The van der Waals surface area contributed by atoms with Gasteiger partial charge in [0.05, 0.1) is 18.7 Å². The van der Waals surface area contributed by atoms with Crippen LogP contribution in [0.3, 0.4) is 0 Å². The highest BCUT2D eigenvalue weighted by Gasteiger charge is 2.58. The molecule has 2 aliphatic rings. The molecule has 0 radical (unpaired) electrons. The largest absolute Gasteiger partial charge is 0.448 e. The number of rotatable bonds is 7. The molecule has 2 aromatic rings. The van der Waals surface area contributed by atoms with Crippen molar-refractivity contribution in [2.24, 2.45) is 5.73 Å². The number of carbonyl (C=O) groups is 2. The molecule has 1 aromatic carbocycles. The Labute approximate surface area is 191 Å². The van der Waals surface area contributed by atoms with Gasteiger partial charge in [0.25, 0.3) is 0 Å². The lowest BCUT2D eigenvalue weighted by atomic mass is 9.98. The summed E-state index contributed by atoms with van der Waals surface area (Å²) >= 11 is 0. The van der Waals surface area contributed by atoms with Crippen LogP contribution in [-0.4, -0.2) is 55.5 Å². The van der Waals surface area contributed by atoms with E-state index in [9.17, 15) is 9.59 Å². The van der Waals surface area contributed by atoms with Crippen molar-refractivity contribution in [1.29, 1.82) is 0 Å². The van der Waals surface area contributed by atoms with Gasteiger partial charge < -0.3 is 34.4 Å². The van der Waals surface area contributed by atoms with Gasteiger partial charge in [0.15, 0.2) is 12.1 Å². The number of hydrogen-bond donors (Lipinski definition) is 2. The van der Waals surface area contributed by atoms with Crippen molar-refractivity contribution in [2.75, 3.05) is 17.3 Å². The van der Waals surface area contributed by atoms with E-state index in [4.69, 9.17) is 29.1 Å². The van der Waals surface area contributed by atoms with Crippen LogP contribution in [0, 0.1) is 6.92 Å². The number of furan rings is 1. The molecule has 2 aliphatic heterocycles. The van der Waals surface area contributed by atoms with E-state index in [2.05, 4.69) is 5.32 Å². The van der Waals surface area contributed by atoms with Crippen LogP contribution in [0.25, 0.3) is 0 Å². The smallest absolute Gasteiger partial charge is 0.329 e. The van der Waals surface area contributed by atoms with Crippen molar-refractivity contribution < 1.29 is 33.0 Å². The zero-order valence-electron chi connectivity index (χ0n) is 19.0. The predicted octanol–water partition coefficient (Wildman–Crippen LogP) is 2.76. The van der Waals surface area contributed by atoms with Gasteiger partial charge in [-0.05, 0) is 38.5 Å². The third-order valence-electron chi connectivity index (χ3n) is 5.77. The van der Waals surface area contributed by atoms with Gasteiger partial charge in [-0.3, -0.25) is 9.69 Å². The normalized spacial score (nSPS) is 26.5. The van der Waals surface area contributed by atoms with E-state index < -0.39 is 48.4 Å². The number of urea groups is 1. The number of amides is 3. The molecule has 0 aliphatic carbocycles. The zero-order valence-corrected chi connectivity index (χ0v) is 19.0. The van der Waals surface area contributed by atoms with Crippen LogP contribution in [0.15, 0.2) is 47.1 Å². The fraction of sp³-hybridized carbons (Fsp3) is 0.478. The number of primary amides is 1. The van der Waals surface area contributed by atoms with Crippen LogP contribution in [0.2, 0.25) is 0 Å². The molecule has 3 amide bonds. The molecule has 5 atom stereocenters. The Morgan fingerprint density at radius 1 is 1.21 bits per heavy atom. The number of aryl methyl sites for hydroxylation is 1.